The van der Waals surface area contributed by atoms with Gasteiger partial charge in [0, 0.05) is 5.25 Å². The number of fused-ring (bicyclic) bond motifs is 1. The van der Waals surface area contributed by atoms with Gasteiger partial charge in [-0.3, -0.25) is 4.79 Å². The van der Waals surface area contributed by atoms with Crippen LogP contribution in [0.15, 0.2) is 23.2 Å². The maximum absolute atomic E-state index is 11.9. The molecule has 0 N–H and O–H groups in total. The van der Waals surface area contributed by atoms with Crippen LogP contribution in [0.4, 0.5) is 5.69 Å². The smallest absolute Gasteiger partial charge is 0.262 e. The number of anilines is 1. The van der Waals surface area contributed by atoms with Crippen LogP contribution in [0.3, 0.4) is 0 Å². The van der Waals surface area contributed by atoms with Crippen LogP contribution in [0.1, 0.15) is 0 Å². The first-order valence-electron chi connectivity index (χ1n) is 6.60. The van der Waals surface area contributed by atoms with Crippen LogP contribution in [0.5, 0.6) is 0 Å². The van der Waals surface area contributed by atoms with E-state index in [0.717, 1.165) is 0 Å². The third-order valence-corrected chi connectivity index (χ3v) is 7.84. The lowest BCUT2D eigenvalue weighted by molar-refractivity contribution is -0.115. The van der Waals surface area contributed by atoms with Crippen molar-refractivity contribution in [3.63, 3.8) is 0 Å². The molecule has 0 aromatic heterocycles. The van der Waals surface area contributed by atoms with Gasteiger partial charge in [0.15, 0.2) is 15.0 Å². The SMILES string of the molecule is O=C(CCl)N=C1S[C@@H]2CS(=O)(=O)C[C@@H]2N1c1cccc(Cl)c1Cl. The van der Waals surface area contributed by atoms with Gasteiger partial charge < -0.3 is 4.90 Å². The van der Waals surface area contributed by atoms with Crippen molar-refractivity contribution in [1.82, 2.24) is 0 Å². The monoisotopic (exact) mass is 412 g/mol. The van der Waals surface area contributed by atoms with Crippen LogP contribution < -0.4 is 4.90 Å². The van der Waals surface area contributed by atoms with Crippen molar-refractivity contribution >= 4 is 73.2 Å². The summed E-state index contributed by atoms with van der Waals surface area (Å²) in [5, 5.41) is 0.855. The molecule has 2 heterocycles. The van der Waals surface area contributed by atoms with Gasteiger partial charge in [-0.25, -0.2) is 8.42 Å². The summed E-state index contributed by atoms with van der Waals surface area (Å²) in [5.41, 5.74) is 0.539. The lowest BCUT2D eigenvalue weighted by Gasteiger charge is -2.25. The topological polar surface area (TPSA) is 66.8 Å². The fraction of sp³-hybridized carbons (Fsp3) is 0.385. The molecule has 0 aliphatic carbocycles. The molecule has 1 aromatic rings. The maximum atomic E-state index is 11.9. The average molecular weight is 414 g/mol. The molecule has 2 saturated heterocycles. The summed E-state index contributed by atoms with van der Waals surface area (Å²) in [4.78, 5) is 17.3. The van der Waals surface area contributed by atoms with Gasteiger partial charge in [-0.1, -0.05) is 41.0 Å². The number of rotatable bonds is 2. The minimum Gasteiger partial charge on any atom is -0.314 e. The van der Waals surface area contributed by atoms with Crippen LogP contribution in [-0.4, -0.2) is 48.2 Å². The predicted octanol–water partition coefficient (Wildman–Crippen LogP) is 2.83. The Balaban J connectivity index is 2.09. The first-order chi connectivity index (χ1) is 10.8. The molecule has 2 fully saturated rings. The first kappa shape index (κ1) is 17.4. The molecule has 5 nitrogen and oxygen atoms in total. The van der Waals surface area contributed by atoms with E-state index in [1.807, 2.05) is 0 Å². The number of sulfone groups is 1. The Morgan fingerprint density at radius 1 is 1.35 bits per heavy atom. The van der Waals surface area contributed by atoms with Crippen molar-refractivity contribution in [2.45, 2.75) is 11.3 Å². The van der Waals surface area contributed by atoms with Crippen LogP contribution in [-0.2, 0) is 14.6 Å². The van der Waals surface area contributed by atoms with Gasteiger partial charge in [0.2, 0.25) is 0 Å². The minimum absolute atomic E-state index is 0.0123. The zero-order chi connectivity index (χ0) is 16.8. The molecule has 0 saturated carbocycles. The van der Waals surface area contributed by atoms with Crippen LogP contribution in [0.2, 0.25) is 10.0 Å². The van der Waals surface area contributed by atoms with Gasteiger partial charge in [-0.15, -0.1) is 11.6 Å². The summed E-state index contributed by atoms with van der Waals surface area (Å²) < 4.78 is 23.9. The van der Waals surface area contributed by atoms with E-state index in [1.165, 1.54) is 11.8 Å². The molecule has 2 aliphatic rings. The summed E-state index contributed by atoms with van der Waals surface area (Å²) in [5.74, 6) is -0.693. The highest BCUT2D eigenvalue weighted by molar-refractivity contribution is 8.16. The maximum Gasteiger partial charge on any atom is 0.262 e. The molecule has 0 spiro atoms. The number of hydrogen-bond acceptors (Lipinski definition) is 4. The third kappa shape index (κ3) is 3.35. The molecule has 2 atom stereocenters. The second-order valence-electron chi connectivity index (χ2n) is 5.17. The van der Waals surface area contributed by atoms with Crippen LogP contribution >= 0.6 is 46.6 Å². The van der Waals surface area contributed by atoms with E-state index in [1.54, 1.807) is 23.1 Å². The number of hydrogen-bond donors (Lipinski definition) is 0. The Hall–Kier alpha value is -0.470. The highest BCUT2D eigenvalue weighted by Crippen LogP contribution is 2.44. The second-order valence-corrected chi connectivity index (χ2v) is 9.58. The molecular weight excluding hydrogens is 403 g/mol. The van der Waals surface area contributed by atoms with Gasteiger partial charge in [-0.05, 0) is 12.1 Å². The van der Waals surface area contributed by atoms with Gasteiger partial charge in [-0.2, -0.15) is 4.99 Å². The Morgan fingerprint density at radius 3 is 2.78 bits per heavy atom. The molecule has 23 heavy (non-hydrogen) atoms. The van der Waals surface area contributed by atoms with Gasteiger partial charge in [0.25, 0.3) is 5.91 Å². The fourth-order valence-electron chi connectivity index (χ4n) is 2.66. The van der Waals surface area contributed by atoms with Gasteiger partial charge in [0.05, 0.1) is 33.3 Å². The largest absolute Gasteiger partial charge is 0.314 e. The van der Waals surface area contributed by atoms with Crippen molar-refractivity contribution in [2.75, 3.05) is 22.3 Å². The van der Waals surface area contributed by atoms with E-state index in [4.69, 9.17) is 34.8 Å². The molecule has 0 unspecified atom stereocenters. The number of carbonyl (C=O) groups excluding carboxylic acids is 1. The highest BCUT2D eigenvalue weighted by atomic mass is 35.5. The van der Waals surface area contributed by atoms with E-state index >= 15 is 0 Å². The first-order valence-corrected chi connectivity index (χ1v) is 10.6. The van der Waals surface area contributed by atoms with Crippen molar-refractivity contribution in [2.24, 2.45) is 4.99 Å². The van der Waals surface area contributed by atoms with Crippen LogP contribution in [0, 0.1) is 0 Å². The zero-order valence-electron chi connectivity index (χ0n) is 11.6. The van der Waals surface area contributed by atoms with Crippen molar-refractivity contribution in [3.05, 3.63) is 28.2 Å². The Morgan fingerprint density at radius 2 is 2.09 bits per heavy atom. The number of alkyl halides is 1. The molecule has 1 aromatic carbocycles. The zero-order valence-corrected chi connectivity index (χ0v) is 15.5. The number of aliphatic imine (C=N–C) groups is 1. The van der Waals surface area contributed by atoms with Gasteiger partial charge in [0.1, 0.15) is 5.88 Å². The molecule has 0 bridgehead atoms. The second kappa shape index (κ2) is 6.44. The van der Waals surface area contributed by atoms with E-state index in [0.29, 0.717) is 20.9 Å². The molecule has 0 radical (unpaired) electrons. The van der Waals surface area contributed by atoms with E-state index in [2.05, 4.69) is 4.99 Å². The van der Waals surface area contributed by atoms with Gasteiger partial charge >= 0.3 is 0 Å². The molecule has 2 aliphatic heterocycles. The van der Waals surface area contributed by atoms with Crippen LogP contribution in [0.25, 0.3) is 0 Å². The third-order valence-electron chi connectivity index (χ3n) is 3.59. The standard InChI is InChI=1S/C13H11Cl3N2O3S2/c14-4-11(19)17-13-18(8-3-1-2-7(15)12(8)16)9-5-23(20,21)6-10(9)22-13/h1-3,9-10H,4-6H2/t9-,10+/m0/s1. The van der Waals surface area contributed by atoms with Crippen molar-refractivity contribution < 1.29 is 13.2 Å². The lowest BCUT2D eigenvalue weighted by Crippen LogP contribution is -2.38. The van der Waals surface area contributed by atoms with E-state index in [9.17, 15) is 13.2 Å². The number of amides is 1. The van der Waals surface area contributed by atoms with Crippen molar-refractivity contribution in [1.29, 1.82) is 0 Å². The number of nitrogens with zero attached hydrogens (tertiary/aromatic N) is 2. The predicted molar refractivity (Wildman–Crippen MR) is 95.9 cm³/mol. The summed E-state index contributed by atoms with van der Waals surface area (Å²) in [7, 11) is -3.13. The summed E-state index contributed by atoms with van der Waals surface area (Å²) in [6, 6.07) is 4.75. The molecule has 1 amide bonds. The number of benzene rings is 1. The summed E-state index contributed by atoms with van der Waals surface area (Å²) in [6.07, 6.45) is 0. The Bertz CT molecular complexity index is 798. The minimum atomic E-state index is -3.13. The summed E-state index contributed by atoms with van der Waals surface area (Å²) >= 11 is 19.1. The molecular formula is C13H11Cl3N2O3S2. The molecule has 124 valence electrons. The number of carbonyl (C=O) groups is 1. The normalized spacial score (nSPS) is 27.4. The Kier molecular flexibility index (Phi) is 4.86. The average Bonchev–Trinajstić information content (AvgIpc) is 2.93. The quantitative estimate of drug-likeness (QED) is 0.698. The fourth-order valence-corrected chi connectivity index (χ4v) is 7.03. The number of amidine groups is 1. The highest BCUT2D eigenvalue weighted by Gasteiger charge is 2.49. The Labute approximate surface area is 152 Å². The number of halogens is 3. The molecule has 10 heteroatoms. The van der Waals surface area contributed by atoms with Crippen molar-refractivity contribution in [3.8, 4) is 0 Å². The van der Waals surface area contributed by atoms with E-state index < -0.39 is 15.7 Å². The summed E-state index contributed by atoms with van der Waals surface area (Å²) in [6.45, 7) is 0. The lowest BCUT2D eigenvalue weighted by atomic mass is 10.2. The number of thioether (sulfide) groups is 1. The van der Waals surface area contributed by atoms with E-state index in [-0.39, 0.29) is 28.7 Å². The molecule has 3 rings (SSSR count).